The van der Waals surface area contributed by atoms with Gasteiger partial charge in [-0.3, -0.25) is 24.6 Å². The molecule has 25 heavy (non-hydrogen) atoms. The summed E-state index contributed by atoms with van der Waals surface area (Å²) in [7, 11) is 0. The number of hydrogen-bond donors (Lipinski definition) is 2. The first-order chi connectivity index (χ1) is 12.0. The van der Waals surface area contributed by atoms with Gasteiger partial charge < -0.3 is 5.32 Å². The van der Waals surface area contributed by atoms with E-state index in [0.29, 0.717) is 12.8 Å². The molecule has 0 radical (unpaired) electrons. The molecule has 2 aliphatic rings. The number of urea groups is 1. The van der Waals surface area contributed by atoms with E-state index in [1.807, 2.05) is 17.5 Å². The highest BCUT2D eigenvalue weighted by molar-refractivity contribution is 6.09. The van der Waals surface area contributed by atoms with Gasteiger partial charge in [-0.25, -0.2) is 9.18 Å². The van der Waals surface area contributed by atoms with E-state index in [9.17, 15) is 23.6 Å². The third-order valence-corrected chi connectivity index (χ3v) is 4.28. The predicted octanol–water partition coefficient (Wildman–Crippen LogP) is 1.43. The van der Waals surface area contributed by atoms with Crippen molar-refractivity contribution in [2.24, 2.45) is 11.8 Å². The van der Waals surface area contributed by atoms with Crippen molar-refractivity contribution in [2.75, 3.05) is 11.9 Å². The minimum absolute atomic E-state index is 0.0850. The molecule has 130 valence electrons. The summed E-state index contributed by atoms with van der Waals surface area (Å²) < 4.78 is 13.5. The van der Waals surface area contributed by atoms with Crippen LogP contribution >= 0.6 is 0 Å². The second-order valence-corrected chi connectivity index (χ2v) is 5.90. The van der Waals surface area contributed by atoms with E-state index in [2.05, 4.69) is 5.32 Å². The molecular weight excluding hydrogens is 329 g/mol. The number of carbonyl (C=O) groups excluding carboxylic acids is 4. The molecule has 1 saturated heterocycles. The van der Waals surface area contributed by atoms with E-state index < -0.39 is 48.0 Å². The number of hydrogen-bond acceptors (Lipinski definition) is 4. The van der Waals surface area contributed by atoms with Crippen LogP contribution < -0.4 is 10.6 Å². The van der Waals surface area contributed by atoms with Crippen molar-refractivity contribution >= 4 is 29.4 Å². The first-order valence-corrected chi connectivity index (χ1v) is 7.83. The number of benzene rings is 1. The molecule has 5 amide bonds. The second-order valence-electron chi connectivity index (χ2n) is 5.90. The molecule has 2 atom stereocenters. The summed E-state index contributed by atoms with van der Waals surface area (Å²) >= 11 is 0. The number of fused-ring (bicyclic) bond motifs is 1. The van der Waals surface area contributed by atoms with Gasteiger partial charge in [0.1, 0.15) is 12.4 Å². The van der Waals surface area contributed by atoms with E-state index in [1.165, 1.54) is 18.2 Å². The maximum atomic E-state index is 13.5. The van der Waals surface area contributed by atoms with E-state index in [-0.39, 0.29) is 5.69 Å². The van der Waals surface area contributed by atoms with Crippen LogP contribution in [0.3, 0.4) is 0 Å². The molecular formula is C17H16FN3O4. The number of imide groups is 2. The van der Waals surface area contributed by atoms with Crippen LogP contribution in [0.4, 0.5) is 14.9 Å². The molecule has 0 bridgehead atoms. The molecule has 7 nitrogen and oxygen atoms in total. The molecule has 1 fully saturated rings. The molecule has 0 spiro atoms. The second kappa shape index (κ2) is 6.84. The van der Waals surface area contributed by atoms with Crippen molar-refractivity contribution in [3.63, 3.8) is 0 Å². The van der Waals surface area contributed by atoms with Crippen LogP contribution in [0, 0.1) is 17.7 Å². The Bertz CT molecular complexity index is 751. The van der Waals surface area contributed by atoms with Crippen LogP contribution in [0.25, 0.3) is 0 Å². The fourth-order valence-corrected chi connectivity index (χ4v) is 3.05. The first-order valence-electron chi connectivity index (χ1n) is 7.83. The Hall–Kier alpha value is -3.03. The minimum Gasteiger partial charge on any atom is -0.305 e. The van der Waals surface area contributed by atoms with Gasteiger partial charge in [-0.2, -0.15) is 0 Å². The van der Waals surface area contributed by atoms with E-state index in [4.69, 9.17) is 0 Å². The van der Waals surface area contributed by atoms with Gasteiger partial charge in [-0.1, -0.05) is 24.3 Å². The molecule has 1 heterocycles. The number of likely N-dealkylation sites (tertiary alicyclic amines) is 1. The molecule has 1 aromatic carbocycles. The molecule has 2 N–H and O–H groups in total. The molecule has 1 aliphatic carbocycles. The fourth-order valence-electron chi connectivity index (χ4n) is 3.05. The van der Waals surface area contributed by atoms with Gasteiger partial charge in [0.15, 0.2) is 0 Å². The van der Waals surface area contributed by atoms with Crippen molar-refractivity contribution in [1.29, 1.82) is 0 Å². The fraction of sp³-hybridized carbons (Fsp3) is 0.294. The van der Waals surface area contributed by atoms with Crippen LogP contribution in [-0.4, -0.2) is 35.2 Å². The van der Waals surface area contributed by atoms with Crippen molar-refractivity contribution in [3.8, 4) is 0 Å². The maximum Gasteiger partial charge on any atom is 0.326 e. The Balaban J connectivity index is 1.57. The quantitative estimate of drug-likeness (QED) is 0.640. The molecule has 1 aromatic rings. The zero-order valence-electron chi connectivity index (χ0n) is 13.2. The van der Waals surface area contributed by atoms with Crippen LogP contribution in [0.15, 0.2) is 36.4 Å². The van der Waals surface area contributed by atoms with Gasteiger partial charge in [0.25, 0.3) is 0 Å². The number of anilines is 1. The average molecular weight is 345 g/mol. The summed E-state index contributed by atoms with van der Waals surface area (Å²) in [6, 6.07) is 4.55. The highest BCUT2D eigenvalue weighted by Gasteiger charge is 2.47. The minimum atomic E-state index is -0.937. The zero-order chi connectivity index (χ0) is 18.0. The van der Waals surface area contributed by atoms with Crippen molar-refractivity contribution < 1.29 is 23.6 Å². The average Bonchev–Trinajstić information content (AvgIpc) is 2.82. The van der Waals surface area contributed by atoms with Gasteiger partial charge in [0.2, 0.25) is 17.7 Å². The number of para-hydroxylation sites is 1. The molecule has 3 rings (SSSR count). The Morgan fingerprint density at radius 2 is 1.68 bits per heavy atom. The summed E-state index contributed by atoms with van der Waals surface area (Å²) in [6.07, 6.45) is 4.64. The largest absolute Gasteiger partial charge is 0.326 e. The highest BCUT2D eigenvalue weighted by Crippen LogP contribution is 2.34. The summed E-state index contributed by atoms with van der Waals surface area (Å²) in [6.45, 7) is -0.532. The number of carbonyl (C=O) groups is 4. The Morgan fingerprint density at radius 3 is 2.28 bits per heavy atom. The van der Waals surface area contributed by atoms with Gasteiger partial charge in [-0.05, 0) is 25.0 Å². The van der Waals surface area contributed by atoms with Gasteiger partial charge in [0, 0.05) is 0 Å². The summed E-state index contributed by atoms with van der Waals surface area (Å²) in [5, 5.41) is 4.18. The van der Waals surface area contributed by atoms with Gasteiger partial charge >= 0.3 is 6.03 Å². The third kappa shape index (κ3) is 3.42. The standard InChI is InChI=1S/C17H16FN3O4/c18-12-7-3-4-8-13(12)19-17(25)20-14(22)9-21-15(23)10-5-1-2-6-11(10)16(21)24/h1-4,7-8,10-11H,5-6,9H2,(H2,19,20,22,25)/t10-,11+. The van der Waals surface area contributed by atoms with Crippen molar-refractivity contribution in [3.05, 3.63) is 42.2 Å². The Morgan fingerprint density at radius 1 is 1.08 bits per heavy atom. The molecule has 0 aromatic heterocycles. The Labute approximate surface area is 142 Å². The number of nitrogens with one attached hydrogen (secondary N) is 2. The van der Waals surface area contributed by atoms with E-state index >= 15 is 0 Å². The van der Waals surface area contributed by atoms with Gasteiger partial charge in [-0.15, -0.1) is 0 Å². The first kappa shape index (κ1) is 16.8. The monoisotopic (exact) mass is 345 g/mol. The Kier molecular flexibility index (Phi) is 4.60. The van der Waals surface area contributed by atoms with Crippen LogP contribution in [0.1, 0.15) is 12.8 Å². The lowest BCUT2D eigenvalue weighted by atomic mass is 9.85. The maximum absolute atomic E-state index is 13.5. The van der Waals surface area contributed by atoms with Crippen LogP contribution in [-0.2, 0) is 14.4 Å². The third-order valence-electron chi connectivity index (χ3n) is 4.28. The van der Waals surface area contributed by atoms with Gasteiger partial charge in [0.05, 0.1) is 17.5 Å². The molecule has 0 saturated carbocycles. The normalized spacial score (nSPS) is 21.9. The molecule has 1 aliphatic heterocycles. The number of allylic oxidation sites excluding steroid dienone is 2. The summed E-state index contributed by atoms with van der Waals surface area (Å²) in [4.78, 5) is 49.1. The smallest absolute Gasteiger partial charge is 0.305 e. The predicted molar refractivity (Wildman–Crippen MR) is 85.6 cm³/mol. The lowest BCUT2D eigenvalue weighted by Gasteiger charge is -2.14. The summed E-state index contributed by atoms with van der Waals surface area (Å²) in [5.41, 5.74) is -0.0850. The number of halogens is 1. The highest BCUT2D eigenvalue weighted by atomic mass is 19.1. The zero-order valence-corrected chi connectivity index (χ0v) is 13.2. The van der Waals surface area contributed by atoms with Crippen molar-refractivity contribution in [2.45, 2.75) is 12.8 Å². The van der Waals surface area contributed by atoms with E-state index in [0.717, 1.165) is 11.0 Å². The van der Waals surface area contributed by atoms with Crippen LogP contribution in [0.2, 0.25) is 0 Å². The number of nitrogens with zero attached hydrogens (tertiary/aromatic N) is 1. The molecule has 8 heteroatoms. The summed E-state index contributed by atoms with van der Waals surface area (Å²) in [5.74, 6) is -3.13. The number of rotatable bonds is 3. The SMILES string of the molecule is O=C(CN1C(=O)[C@H]2CC=CC[C@H]2C1=O)NC(=O)Nc1ccccc1F. The lowest BCUT2D eigenvalue weighted by molar-refractivity contribution is -0.143. The van der Waals surface area contributed by atoms with Crippen molar-refractivity contribution in [1.82, 2.24) is 10.2 Å². The number of amides is 5. The van der Waals surface area contributed by atoms with E-state index in [1.54, 1.807) is 0 Å². The molecule has 0 unspecified atom stereocenters. The lowest BCUT2D eigenvalue weighted by Crippen LogP contribution is -2.44. The topological polar surface area (TPSA) is 95.6 Å². The van der Waals surface area contributed by atoms with Crippen LogP contribution in [0.5, 0.6) is 0 Å².